The Kier molecular flexibility index (Phi) is 51.7. The summed E-state index contributed by atoms with van der Waals surface area (Å²) >= 11 is 0. The largest absolute Gasteiger partial charge is 0.444 e. The fraction of sp³-hybridized carbons (Fsp3) is 0.770. The van der Waals surface area contributed by atoms with Gasteiger partial charge in [-0.1, -0.05) is 0 Å². The molecule has 0 radical (unpaired) electrons. The van der Waals surface area contributed by atoms with Crippen molar-refractivity contribution in [2.24, 2.45) is 0 Å². The van der Waals surface area contributed by atoms with Crippen LogP contribution in [0.4, 0.5) is 24.0 Å². The normalized spacial score (nSPS) is 19.8. The molecule has 20 amide bonds. The summed E-state index contributed by atoms with van der Waals surface area (Å²) in [5, 5.41) is 36.8. The van der Waals surface area contributed by atoms with Gasteiger partial charge in [0.05, 0.1) is 25.3 Å². The summed E-state index contributed by atoms with van der Waals surface area (Å²) in [5.74, 6) is -12.4. The molecule has 0 saturated carbocycles. The van der Waals surface area contributed by atoms with Crippen LogP contribution in [-0.4, -0.2) is 309 Å². The van der Waals surface area contributed by atoms with Crippen molar-refractivity contribution in [1.29, 1.82) is 0 Å². The molecule has 0 aromatic rings. The number of unbranched alkanes of at least 4 members (excludes halogenated alkanes) is 5. The highest BCUT2D eigenvalue weighted by Gasteiger charge is 2.42. The third kappa shape index (κ3) is 54.1. The quantitative estimate of drug-likeness (QED) is 0.0219. The number of hydrogen-bond acceptors (Lipinski definition) is 30. The summed E-state index contributed by atoms with van der Waals surface area (Å²) in [6.45, 7) is 26.0. The predicted octanol–water partition coefficient (Wildman–Crippen LogP) is 0.109. The van der Waals surface area contributed by atoms with E-state index in [4.69, 9.17) is 47.8 Å². The van der Waals surface area contributed by atoms with Crippen molar-refractivity contribution in [3.63, 3.8) is 0 Å². The molecule has 137 heavy (non-hydrogen) atoms. The third-order valence-corrected chi connectivity index (χ3v) is 19.3. The van der Waals surface area contributed by atoms with Crippen molar-refractivity contribution in [3.05, 3.63) is 0 Å². The van der Waals surface area contributed by atoms with E-state index >= 15 is 19.2 Å². The summed E-state index contributed by atoms with van der Waals surface area (Å²) in [5.41, 5.74) is 2.79. The monoisotopic (exact) mass is 1960 g/mol. The van der Waals surface area contributed by atoms with Gasteiger partial charge in [0, 0.05) is 45.8 Å². The zero-order valence-electron chi connectivity index (χ0n) is 82.7. The Balaban J connectivity index is 2.23. The predicted molar refractivity (Wildman–Crippen MR) is 487 cm³/mol. The Morgan fingerprint density at radius 3 is 0.927 bits per heavy atom. The second kappa shape index (κ2) is 59.4. The molecule has 50 nitrogen and oxygen atoms in total. The number of ether oxygens (including phenoxy) is 6. The van der Waals surface area contributed by atoms with Crippen LogP contribution < -0.4 is 96.4 Å². The third-order valence-electron chi connectivity index (χ3n) is 19.3. The number of alkyl carbamates (subject to hydrolysis) is 1. The number of nitrogens with zero attached hydrogens (tertiary/aromatic N) is 2. The van der Waals surface area contributed by atoms with Crippen LogP contribution in [0, 0.1) is 0 Å². The second-order valence-corrected chi connectivity index (χ2v) is 38.8. The first kappa shape index (κ1) is 119. The zero-order valence-corrected chi connectivity index (χ0v) is 82.7. The van der Waals surface area contributed by atoms with Crippen molar-refractivity contribution in [3.8, 4) is 0 Å². The van der Waals surface area contributed by atoms with Gasteiger partial charge in [0.1, 0.15) is 82.4 Å². The molecular weight excluding hydrogens is 1810 g/mol. The molecule has 0 aromatic carbocycles. The molecule has 3 aliphatic rings. The van der Waals surface area contributed by atoms with Crippen LogP contribution in [0.2, 0.25) is 0 Å². The zero-order chi connectivity index (χ0) is 103. The van der Waals surface area contributed by atoms with Gasteiger partial charge in [0.2, 0.25) is 88.6 Å². The maximum Gasteiger partial charge on any atom is 0.431 e. The number of hydrogen-bond donors (Lipinski definition) is 18. The van der Waals surface area contributed by atoms with E-state index < -0.39 is 247 Å². The number of amides is 20. The van der Waals surface area contributed by atoms with E-state index in [1.165, 1.54) is 16.7 Å². The van der Waals surface area contributed by atoms with Crippen molar-refractivity contribution in [2.45, 2.75) is 342 Å². The van der Waals surface area contributed by atoms with Crippen LogP contribution >= 0.6 is 0 Å². The van der Waals surface area contributed by atoms with Gasteiger partial charge in [-0.25, -0.2) is 24.0 Å². The van der Waals surface area contributed by atoms with Gasteiger partial charge in [-0.05, 0) is 254 Å². The lowest BCUT2D eigenvalue weighted by molar-refractivity contribution is -0.142. The number of carbonyl (C=O) groups excluding carboxylic acids is 20. The first-order chi connectivity index (χ1) is 63.9. The topological polar surface area (TPSA) is 657 Å². The maximum atomic E-state index is 15.4. The molecule has 3 saturated heterocycles. The first-order valence-corrected chi connectivity index (χ1v) is 46.2. The Hall–Kier alpha value is -11.8. The fourth-order valence-electron chi connectivity index (χ4n) is 13.2. The van der Waals surface area contributed by atoms with Gasteiger partial charge < -0.3 is 113 Å². The van der Waals surface area contributed by atoms with Gasteiger partial charge in [-0.15, -0.1) is 0 Å². The lowest BCUT2D eigenvalue weighted by Crippen LogP contribution is -2.59. The molecule has 3 heterocycles. The van der Waals surface area contributed by atoms with Crippen LogP contribution in [0.25, 0.3) is 0 Å². The Labute approximate surface area is 799 Å². The van der Waals surface area contributed by atoms with E-state index in [1.807, 2.05) is 21.9 Å². The van der Waals surface area contributed by atoms with E-state index in [-0.39, 0.29) is 174 Å². The molecule has 0 aromatic heterocycles. The molecule has 3 rings (SSSR count). The van der Waals surface area contributed by atoms with Crippen LogP contribution in [0.5, 0.6) is 0 Å². The number of rotatable bonds is 41. The highest BCUT2D eigenvalue weighted by Crippen LogP contribution is 2.24. The number of carbonyl (C=O) groups is 20. The van der Waals surface area contributed by atoms with Gasteiger partial charge in [-0.2, -0.15) is 21.9 Å². The van der Waals surface area contributed by atoms with E-state index in [1.54, 1.807) is 125 Å². The molecule has 0 unspecified atom stereocenters. The van der Waals surface area contributed by atoms with E-state index in [0.717, 1.165) is 0 Å². The Morgan fingerprint density at radius 1 is 0.336 bits per heavy atom. The molecule has 50 heteroatoms. The van der Waals surface area contributed by atoms with Crippen LogP contribution in [-0.2, 0) is 120 Å². The average molecular weight is 1960 g/mol. The van der Waals surface area contributed by atoms with E-state index in [9.17, 15) is 76.7 Å². The van der Waals surface area contributed by atoms with Gasteiger partial charge >= 0.3 is 30.5 Å². The SMILES string of the molecule is C[C@@H]1NC(=O)[C@H](CCCCNC(=O)CONC(=O)OC(C)(C)C)NC(=O)CNC(=O)[C@@H]2CCCN2C(=O)[C@H](CCCCNC(=O)CONC(=O)OC(C)(C)C)NC(=O)[C@H](CCCCNC(=O)[C@H](COC(C)(C)C)NC(=O)OC(C)(C)C)NC(=O)[C@H](CCCCNC(=O)CONC(=O)OC(C)(C)C)NC(=O)CNC(=O)[C@@H]2CCCN2C(=O)[C@H](CCCCNC(=O)CONC(=O)OC(C)(C)C)NC1=O. The van der Waals surface area contributed by atoms with Gasteiger partial charge in [0.25, 0.3) is 0 Å². The maximum absolute atomic E-state index is 15.4. The number of hydroxylamine groups is 4. The van der Waals surface area contributed by atoms with Gasteiger partial charge in [0.15, 0.2) is 26.4 Å². The minimum Gasteiger partial charge on any atom is -0.444 e. The molecule has 9 atom stereocenters. The van der Waals surface area contributed by atoms with E-state index in [2.05, 4.69) is 74.4 Å². The minimum atomic E-state index is -1.62. The van der Waals surface area contributed by atoms with Crippen LogP contribution in [0.3, 0.4) is 0 Å². The highest BCUT2D eigenvalue weighted by molar-refractivity contribution is 5.99. The summed E-state index contributed by atoms with van der Waals surface area (Å²) in [6, 6.07) is -13.0. The number of nitrogens with one attached hydrogen (secondary N) is 18. The van der Waals surface area contributed by atoms with Crippen molar-refractivity contribution in [1.82, 2.24) is 106 Å². The summed E-state index contributed by atoms with van der Waals surface area (Å²) in [7, 11) is 0. The molecule has 0 aliphatic carbocycles. The summed E-state index contributed by atoms with van der Waals surface area (Å²) < 4.78 is 31.8. The highest BCUT2D eigenvalue weighted by atomic mass is 16.7. The smallest absolute Gasteiger partial charge is 0.431 e. The standard InChI is InChI=1S/C87H150N20O30/c1-53-68(114)99-57(35-23-27-41-90-66(112)51-131-104-80(126)136-86(14,15)16)75(121)106-44-30-37-60(106)73(119)94-47-63(109)97-55(33-21-26-40-89-65(111)50-130-103-79(125)135-85(11,12)13)71(117)98-56(34-22-29-43-92-69(115)59(48-128-82(2,3)4)101-77(123)133-83(5,6)7)72(118)100-58(36-24-28-42-91-67(113)52-132-105-81(127)137-87(17,18)19)76(122)107-45-31-38-61(107)74(120)93-46-62(108)96-54(70(116)95-53)32-20-25-39-88-64(110)49-129-102-78(124)134-84(8,9)10/h53-61H,20-52H2,1-19H3,(H,88,110)(H,89,111)(H,90,112)(H,91,113)(H,92,115)(H,93,120)(H,94,119)(H,95,116)(H,96,108)(H,97,109)(H,98,117)(H,99,114)(H,100,118)(H,101,123)(H,102,124)(H,103,125)(H,104,126)(H,105,127)/t53-,54-,55-,56-,57-,58-,59-,60-,61-/m0/s1. The molecule has 3 fully saturated rings. The van der Waals surface area contributed by atoms with E-state index in [0.29, 0.717) is 0 Å². The van der Waals surface area contributed by atoms with Crippen LogP contribution in [0.1, 0.15) is 254 Å². The van der Waals surface area contributed by atoms with Gasteiger partial charge in [-0.3, -0.25) is 91.3 Å². The fourth-order valence-corrected chi connectivity index (χ4v) is 13.2. The first-order valence-electron chi connectivity index (χ1n) is 46.2. The van der Waals surface area contributed by atoms with Crippen LogP contribution in [0.15, 0.2) is 0 Å². The number of fused-ring (bicyclic) bond motifs is 2. The molecule has 18 N–H and O–H groups in total. The lowest BCUT2D eigenvalue weighted by Gasteiger charge is -2.30. The van der Waals surface area contributed by atoms with Crippen molar-refractivity contribution >= 4 is 119 Å². The molecule has 778 valence electrons. The van der Waals surface area contributed by atoms with Crippen molar-refractivity contribution in [2.75, 3.05) is 91.9 Å². The Morgan fingerprint density at radius 2 is 0.613 bits per heavy atom. The van der Waals surface area contributed by atoms with Crippen molar-refractivity contribution < 1.29 is 144 Å². The lowest BCUT2D eigenvalue weighted by atomic mass is 10.0. The molecule has 3 aliphatic heterocycles. The molecular formula is C87H150N20O30. The Bertz CT molecular complexity index is 4020. The second-order valence-electron chi connectivity index (χ2n) is 38.8. The molecule has 0 spiro atoms. The summed E-state index contributed by atoms with van der Waals surface area (Å²) in [6.07, 6.45) is -4.23. The average Bonchev–Trinajstić information content (AvgIpc) is 1.72. The summed E-state index contributed by atoms with van der Waals surface area (Å²) in [4.78, 5) is 297. The molecule has 0 bridgehead atoms. The minimum absolute atomic E-state index is 0.00910.